The summed E-state index contributed by atoms with van der Waals surface area (Å²) in [5.41, 5.74) is 7.40. The molecule has 2 N–H and O–H groups in total. The van der Waals surface area contributed by atoms with Crippen molar-refractivity contribution in [2.24, 2.45) is 11.7 Å². The number of hydrogen-bond donors (Lipinski definition) is 1. The van der Waals surface area contributed by atoms with E-state index >= 15 is 0 Å². The van der Waals surface area contributed by atoms with E-state index in [9.17, 15) is 4.79 Å². The highest BCUT2D eigenvalue weighted by atomic mass is 79.9. The molecule has 3 nitrogen and oxygen atoms in total. The summed E-state index contributed by atoms with van der Waals surface area (Å²) in [4.78, 5) is 13.0. The van der Waals surface area contributed by atoms with Crippen LogP contribution in [0, 0.1) is 5.92 Å². The van der Waals surface area contributed by atoms with Crippen LogP contribution in [0.15, 0.2) is 60.7 Å². The van der Waals surface area contributed by atoms with Gasteiger partial charge >= 0.3 is 0 Å². The summed E-state index contributed by atoms with van der Waals surface area (Å²) < 4.78 is 1.00. The fourth-order valence-electron chi connectivity index (χ4n) is 4.71. The second-order valence-corrected chi connectivity index (χ2v) is 8.47. The molecular formula is C22H28BrN2O+. The van der Waals surface area contributed by atoms with Gasteiger partial charge in [0.15, 0.2) is 0 Å². The van der Waals surface area contributed by atoms with Crippen molar-refractivity contribution in [2.45, 2.75) is 18.3 Å². The van der Waals surface area contributed by atoms with Crippen molar-refractivity contribution in [3.05, 3.63) is 71.8 Å². The molecular weight excluding hydrogens is 388 g/mol. The zero-order chi connectivity index (χ0) is 18.6. The van der Waals surface area contributed by atoms with E-state index in [1.165, 1.54) is 0 Å². The first-order chi connectivity index (χ1) is 12.5. The van der Waals surface area contributed by atoms with Gasteiger partial charge in [0.1, 0.15) is 5.41 Å². The normalized spacial score (nSPS) is 23.1. The van der Waals surface area contributed by atoms with E-state index in [1.807, 2.05) is 36.4 Å². The van der Waals surface area contributed by atoms with Crippen LogP contribution < -0.4 is 5.73 Å². The summed E-state index contributed by atoms with van der Waals surface area (Å²) in [6.45, 7) is 3.19. The molecule has 26 heavy (non-hydrogen) atoms. The number of primary amides is 1. The molecule has 1 heterocycles. The third-order valence-electron chi connectivity index (χ3n) is 5.97. The molecule has 0 aromatic heterocycles. The van der Waals surface area contributed by atoms with Gasteiger partial charge in [-0.05, 0) is 11.1 Å². The molecule has 3 rings (SSSR count). The Morgan fingerprint density at radius 3 is 2.12 bits per heavy atom. The lowest BCUT2D eigenvalue weighted by Crippen LogP contribution is -2.51. The molecule has 2 aromatic carbocycles. The molecule has 1 unspecified atom stereocenters. The van der Waals surface area contributed by atoms with Crippen LogP contribution in [0.3, 0.4) is 0 Å². The maximum Gasteiger partial charge on any atom is 0.233 e. The van der Waals surface area contributed by atoms with Gasteiger partial charge in [-0.25, -0.2) is 0 Å². The Bertz CT molecular complexity index is 695. The predicted molar refractivity (Wildman–Crippen MR) is 110 cm³/mol. The van der Waals surface area contributed by atoms with Crippen molar-refractivity contribution in [3.8, 4) is 0 Å². The summed E-state index contributed by atoms with van der Waals surface area (Å²) in [7, 11) is 2.31. The van der Waals surface area contributed by atoms with Crippen LogP contribution in [0.2, 0.25) is 0 Å². The number of quaternary nitrogens is 1. The van der Waals surface area contributed by atoms with Gasteiger partial charge in [-0.15, -0.1) is 0 Å². The minimum Gasteiger partial charge on any atom is -0.369 e. The van der Waals surface area contributed by atoms with Gasteiger partial charge in [0.05, 0.1) is 26.7 Å². The van der Waals surface area contributed by atoms with Crippen LogP contribution in [0.1, 0.15) is 24.0 Å². The summed E-state index contributed by atoms with van der Waals surface area (Å²) in [6, 6.07) is 20.2. The SMILES string of the molecule is C[N+]1(CCCBr)CC[C@@H](C(C(N)=O)(c2ccccc2)c2ccccc2)C1. The van der Waals surface area contributed by atoms with Crippen LogP contribution in [0.5, 0.6) is 0 Å². The minimum absolute atomic E-state index is 0.199. The number of halogens is 1. The minimum atomic E-state index is -0.771. The van der Waals surface area contributed by atoms with Gasteiger partial charge in [-0.3, -0.25) is 4.79 Å². The van der Waals surface area contributed by atoms with Gasteiger partial charge < -0.3 is 10.2 Å². The molecule has 0 aliphatic carbocycles. The average molecular weight is 416 g/mol. The highest BCUT2D eigenvalue weighted by Gasteiger charge is 2.53. The van der Waals surface area contributed by atoms with Gasteiger partial charge in [0, 0.05) is 24.1 Å². The predicted octanol–water partition coefficient (Wildman–Crippen LogP) is 3.71. The second-order valence-electron chi connectivity index (χ2n) is 7.68. The van der Waals surface area contributed by atoms with E-state index in [0.717, 1.165) is 53.4 Å². The van der Waals surface area contributed by atoms with Crippen molar-refractivity contribution < 1.29 is 9.28 Å². The first-order valence-electron chi connectivity index (χ1n) is 9.33. The first kappa shape index (κ1) is 19.1. The van der Waals surface area contributed by atoms with E-state index in [0.29, 0.717) is 0 Å². The first-order valence-corrected chi connectivity index (χ1v) is 10.5. The molecule has 1 aliphatic heterocycles. The van der Waals surface area contributed by atoms with Gasteiger partial charge in [0.25, 0.3) is 0 Å². The van der Waals surface area contributed by atoms with Gasteiger partial charge in [-0.2, -0.15) is 0 Å². The fourth-order valence-corrected chi connectivity index (χ4v) is 4.96. The Balaban J connectivity index is 2.09. The van der Waals surface area contributed by atoms with E-state index in [1.54, 1.807) is 0 Å². The number of carbonyl (C=O) groups excluding carboxylic acids is 1. The molecule has 138 valence electrons. The largest absolute Gasteiger partial charge is 0.369 e. The zero-order valence-electron chi connectivity index (χ0n) is 15.4. The van der Waals surface area contributed by atoms with E-state index < -0.39 is 5.41 Å². The van der Waals surface area contributed by atoms with Crippen molar-refractivity contribution >= 4 is 21.8 Å². The number of hydrogen-bond acceptors (Lipinski definition) is 1. The van der Waals surface area contributed by atoms with Crippen LogP contribution in [-0.2, 0) is 10.2 Å². The molecule has 0 bridgehead atoms. The van der Waals surface area contributed by atoms with E-state index in [4.69, 9.17) is 5.73 Å². The number of carbonyl (C=O) groups is 1. The molecule has 2 aromatic rings. The number of amides is 1. The highest BCUT2D eigenvalue weighted by Crippen LogP contribution is 2.45. The van der Waals surface area contributed by atoms with Gasteiger partial charge in [-0.1, -0.05) is 76.6 Å². The molecule has 0 radical (unpaired) electrons. The molecule has 0 spiro atoms. The molecule has 1 amide bonds. The number of alkyl halides is 1. The fraction of sp³-hybridized carbons (Fsp3) is 0.409. The molecule has 4 heteroatoms. The second kappa shape index (κ2) is 7.93. The molecule has 2 atom stereocenters. The maximum atomic E-state index is 13.0. The van der Waals surface area contributed by atoms with E-state index in [2.05, 4.69) is 47.2 Å². The third-order valence-corrected chi connectivity index (χ3v) is 6.53. The Morgan fingerprint density at radius 1 is 1.12 bits per heavy atom. The Labute approximate surface area is 164 Å². The standard InChI is InChI=1S/C22H27BrN2O/c1-25(15-8-14-23)16-13-20(17-25)22(21(24)26,18-9-4-2-5-10-18)19-11-6-3-7-12-19/h2-7,9-12,20H,8,13-17H2,1H3,(H-,24,26)/p+1/t20-,25?/m1/s1. The summed E-state index contributed by atoms with van der Waals surface area (Å²) >= 11 is 3.55. The third kappa shape index (κ3) is 3.45. The Morgan fingerprint density at radius 2 is 1.65 bits per heavy atom. The van der Waals surface area contributed by atoms with Crippen LogP contribution >= 0.6 is 15.9 Å². The van der Waals surface area contributed by atoms with Crippen LogP contribution in [-0.4, -0.2) is 42.4 Å². The quantitative estimate of drug-likeness (QED) is 0.543. The number of rotatable bonds is 7. The zero-order valence-corrected chi connectivity index (χ0v) is 17.0. The smallest absolute Gasteiger partial charge is 0.233 e. The number of benzene rings is 2. The number of nitrogens with two attached hydrogens (primary N) is 1. The van der Waals surface area contributed by atoms with Crippen molar-refractivity contribution in [2.75, 3.05) is 32.0 Å². The summed E-state index contributed by atoms with van der Waals surface area (Å²) in [6.07, 6.45) is 2.15. The molecule has 0 saturated carbocycles. The highest BCUT2D eigenvalue weighted by molar-refractivity contribution is 9.09. The van der Waals surface area contributed by atoms with E-state index in [-0.39, 0.29) is 11.8 Å². The topological polar surface area (TPSA) is 43.1 Å². The monoisotopic (exact) mass is 415 g/mol. The lowest BCUT2D eigenvalue weighted by molar-refractivity contribution is -0.899. The lowest BCUT2D eigenvalue weighted by atomic mass is 9.64. The van der Waals surface area contributed by atoms with Crippen LogP contribution in [0.4, 0.5) is 0 Å². The lowest BCUT2D eigenvalue weighted by Gasteiger charge is -2.38. The average Bonchev–Trinajstić information content (AvgIpc) is 3.05. The number of nitrogens with zero attached hydrogens (tertiary/aromatic N) is 1. The van der Waals surface area contributed by atoms with Crippen molar-refractivity contribution in [3.63, 3.8) is 0 Å². The van der Waals surface area contributed by atoms with Gasteiger partial charge in [0.2, 0.25) is 5.91 Å². The molecule has 1 aliphatic rings. The molecule has 1 saturated heterocycles. The number of likely N-dealkylation sites (tertiary alicyclic amines) is 1. The van der Waals surface area contributed by atoms with Crippen molar-refractivity contribution in [1.82, 2.24) is 0 Å². The van der Waals surface area contributed by atoms with Crippen molar-refractivity contribution in [1.29, 1.82) is 0 Å². The molecule has 1 fully saturated rings. The maximum absolute atomic E-state index is 13.0. The summed E-state index contributed by atoms with van der Waals surface area (Å²) in [5, 5.41) is 1.02. The Hall–Kier alpha value is -1.65. The summed E-state index contributed by atoms with van der Waals surface area (Å²) in [5.74, 6) is -0.0426. The van der Waals surface area contributed by atoms with Crippen LogP contribution in [0.25, 0.3) is 0 Å². The Kier molecular flexibility index (Phi) is 5.83.